The van der Waals surface area contributed by atoms with Crippen LogP contribution in [0.2, 0.25) is 0 Å². The summed E-state index contributed by atoms with van der Waals surface area (Å²) >= 11 is 0. The van der Waals surface area contributed by atoms with Crippen molar-refractivity contribution in [1.29, 1.82) is 0 Å². The summed E-state index contributed by atoms with van der Waals surface area (Å²) in [6.45, 7) is 0. The zero-order chi connectivity index (χ0) is 30.2. The van der Waals surface area contributed by atoms with Crippen molar-refractivity contribution in [2.24, 2.45) is 0 Å². The average Bonchev–Trinajstić information content (AvgIpc) is 2.57. The minimum atomic E-state index is -9.21. The second kappa shape index (κ2) is 8.30. The van der Waals surface area contributed by atoms with Crippen molar-refractivity contribution in [3.05, 3.63) is 0 Å². The predicted octanol–water partition coefficient (Wildman–Crippen LogP) is 7.31. The van der Waals surface area contributed by atoms with Crippen molar-refractivity contribution in [3.8, 4) is 0 Å². The summed E-state index contributed by atoms with van der Waals surface area (Å²) in [5.74, 6) is -53.8. The quantitative estimate of drug-likeness (QED) is 0.218. The first kappa shape index (κ1) is 34.6. The van der Waals surface area contributed by atoms with Gasteiger partial charge in [0.05, 0.1) is 0 Å². The highest BCUT2D eigenvalue weighted by molar-refractivity contribution is 7.54. The first-order valence-electron chi connectivity index (χ1n) is 7.15. The van der Waals surface area contributed by atoms with Crippen molar-refractivity contribution < 1.29 is 111 Å². The molecule has 0 aliphatic heterocycles. The molecule has 0 saturated carbocycles. The maximum Gasteiger partial charge on any atom is 0.466 e. The second-order valence-electron chi connectivity index (χ2n) is 6.11. The molecule has 0 bridgehead atoms. The molecule has 1 unspecified atom stereocenters. The van der Waals surface area contributed by atoms with Gasteiger partial charge in [-0.15, -0.1) is 0 Å². The van der Waals surface area contributed by atoms with E-state index in [2.05, 4.69) is 0 Å². The molecule has 0 aromatic carbocycles. The lowest BCUT2D eigenvalue weighted by Gasteiger charge is -2.42. The molecule has 0 radical (unpaired) electrons. The van der Waals surface area contributed by atoms with Gasteiger partial charge < -0.3 is 4.89 Å². The first-order chi connectivity index (χ1) is 15.0. The molecule has 0 rings (SSSR count). The Kier molecular flexibility index (Phi) is 7.98. The fourth-order valence-corrected chi connectivity index (χ4v) is 2.44. The van der Waals surface area contributed by atoms with Crippen LogP contribution in [0.1, 0.15) is 0 Å². The van der Waals surface area contributed by atoms with Gasteiger partial charge >= 0.3 is 67.3 Å². The summed E-state index contributed by atoms with van der Waals surface area (Å²) in [5.41, 5.74) is -7.64. The standard InChI is InChI=1S/C10HF22O3P/c11-1(12,3(15,16)5(19,20)7(23,24)25)2(13,14)4(17,18)6(21,22)9(29,30)35-36(33,34)10(31,32)8(26,27)28/h(H,33,34). The Hall–Kier alpha value is -1.39. The fourth-order valence-electron chi connectivity index (χ4n) is 1.58. The van der Waals surface area contributed by atoms with E-state index in [4.69, 9.17) is 4.89 Å². The van der Waals surface area contributed by atoms with Gasteiger partial charge in [-0.2, -0.15) is 96.6 Å². The molecule has 1 atom stereocenters. The molecule has 3 nitrogen and oxygen atoms in total. The number of halogens is 22. The molecular formula is C10HF22O3P. The Morgan fingerprint density at radius 2 is 0.667 bits per heavy atom. The van der Waals surface area contributed by atoms with Gasteiger partial charge in [0.25, 0.3) is 0 Å². The Bertz CT molecular complexity index is 866. The molecule has 0 spiro atoms. The van der Waals surface area contributed by atoms with Crippen LogP contribution >= 0.6 is 7.60 Å². The molecule has 36 heavy (non-hydrogen) atoms. The number of hydrogen-bond acceptors (Lipinski definition) is 2. The van der Waals surface area contributed by atoms with Crippen molar-refractivity contribution in [2.45, 2.75) is 59.7 Å². The largest absolute Gasteiger partial charge is 0.466 e. The monoisotopic (exact) mass is 618 g/mol. The fraction of sp³-hybridized carbons (Fsp3) is 1.00. The van der Waals surface area contributed by atoms with Gasteiger partial charge in [0.15, 0.2) is 0 Å². The molecule has 0 aliphatic rings. The third kappa shape index (κ3) is 4.45. The lowest BCUT2D eigenvalue weighted by molar-refractivity contribution is -0.472. The van der Waals surface area contributed by atoms with Crippen LogP contribution in [-0.2, 0) is 9.09 Å². The van der Waals surface area contributed by atoms with Crippen LogP contribution in [0.15, 0.2) is 0 Å². The zero-order valence-electron chi connectivity index (χ0n) is 15.0. The lowest BCUT2D eigenvalue weighted by Crippen LogP contribution is -2.74. The molecule has 0 aliphatic carbocycles. The lowest BCUT2D eigenvalue weighted by atomic mass is 9.91. The number of rotatable bonds is 9. The third-order valence-electron chi connectivity index (χ3n) is 3.63. The van der Waals surface area contributed by atoms with E-state index in [0.29, 0.717) is 0 Å². The van der Waals surface area contributed by atoms with Crippen molar-refractivity contribution in [1.82, 2.24) is 0 Å². The minimum Gasteiger partial charge on any atom is -0.320 e. The van der Waals surface area contributed by atoms with Gasteiger partial charge in [-0.3, -0.25) is 4.57 Å². The topological polar surface area (TPSA) is 46.5 Å². The van der Waals surface area contributed by atoms with Gasteiger partial charge in [-0.05, 0) is 0 Å². The molecule has 0 aromatic rings. The van der Waals surface area contributed by atoms with E-state index in [-0.39, 0.29) is 0 Å². The molecule has 0 aromatic heterocycles. The normalized spacial score (nSPS) is 18.3. The van der Waals surface area contributed by atoms with Crippen LogP contribution in [0.5, 0.6) is 0 Å². The van der Waals surface area contributed by atoms with E-state index in [9.17, 15) is 101 Å². The van der Waals surface area contributed by atoms with Crippen LogP contribution in [0.25, 0.3) is 0 Å². The molecular weight excluding hydrogens is 617 g/mol. The van der Waals surface area contributed by atoms with Gasteiger partial charge in [0.1, 0.15) is 0 Å². The molecule has 0 heterocycles. The molecule has 218 valence electrons. The third-order valence-corrected chi connectivity index (χ3v) is 5.07. The van der Waals surface area contributed by atoms with Gasteiger partial charge in [-0.1, -0.05) is 0 Å². The summed E-state index contributed by atoms with van der Waals surface area (Å²) in [7, 11) is -8.85. The summed E-state index contributed by atoms with van der Waals surface area (Å²) in [6, 6.07) is 0. The highest BCUT2D eigenvalue weighted by Gasteiger charge is 2.96. The smallest absolute Gasteiger partial charge is 0.320 e. The van der Waals surface area contributed by atoms with E-state index in [1.165, 1.54) is 4.52 Å². The van der Waals surface area contributed by atoms with Crippen molar-refractivity contribution in [2.75, 3.05) is 0 Å². The van der Waals surface area contributed by atoms with Crippen LogP contribution in [0, 0.1) is 0 Å². The van der Waals surface area contributed by atoms with Gasteiger partial charge in [-0.25, -0.2) is 4.52 Å². The molecule has 0 fully saturated rings. The number of hydrogen-bond donors (Lipinski definition) is 1. The maximum atomic E-state index is 13.3. The summed E-state index contributed by atoms with van der Waals surface area (Å²) < 4.78 is 292. The van der Waals surface area contributed by atoms with Gasteiger partial charge in [0, 0.05) is 0 Å². The predicted molar refractivity (Wildman–Crippen MR) is 62.6 cm³/mol. The van der Waals surface area contributed by atoms with Crippen LogP contribution in [0.4, 0.5) is 96.6 Å². The van der Waals surface area contributed by atoms with Crippen LogP contribution < -0.4 is 0 Å². The van der Waals surface area contributed by atoms with Crippen molar-refractivity contribution >= 4 is 7.60 Å². The Balaban J connectivity index is 6.89. The molecule has 0 amide bonds. The van der Waals surface area contributed by atoms with E-state index >= 15 is 0 Å². The summed E-state index contributed by atoms with van der Waals surface area (Å²) in [4.78, 5) is 8.16. The van der Waals surface area contributed by atoms with E-state index in [0.717, 1.165) is 0 Å². The number of alkyl halides is 22. The second-order valence-corrected chi connectivity index (χ2v) is 7.90. The van der Waals surface area contributed by atoms with Crippen LogP contribution in [-0.4, -0.2) is 64.6 Å². The molecule has 26 heteroatoms. The summed E-state index contributed by atoms with van der Waals surface area (Å²) in [5, 5.41) is 0. The van der Waals surface area contributed by atoms with E-state index in [1.54, 1.807) is 0 Å². The van der Waals surface area contributed by atoms with E-state index in [1.807, 2.05) is 0 Å². The minimum absolute atomic E-state index is 1.27. The molecule has 1 N–H and O–H groups in total. The Morgan fingerprint density at radius 1 is 0.417 bits per heavy atom. The highest BCUT2D eigenvalue weighted by Crippen LogP contribution is 2.69. The zero-order valence-corrected chi connectivity index (χ0v) is 15.9. The van der Waals surface area contributed by atoms with E-state index < -0.39 is 67.3 Å². The molecule has 0 saturated heterocycles. The highest BCUT2D eigenvalue weighted by atomic mass is 31.2. The Labute approximate surface area is 179 Å². The first-order valence-corrected chi connectivity index (χ1v) is 8.73. The SMILES string of the molecule is O=P(O)(OC(F)(F)C(F)(F)C(F)(F)C(F)(F)C(F)(F)C(F)(F)C(F)(F)C(F)(F)F)C(F)(F)C(F)(F)F. The van der Waals surface area contributed by atoms with Gasteiger partial charge in [0.2, 0.25) is 0 Å². The Morgan fingerprint density at radius 3 is 0.917 bits per heavy atom. The average molecular weight is 618 g/mol. The maximum absolute atomic E-state index is 13.3. The summed E-state index contributed by atoms with van der Waals surface area (Å²) in [6.07, 6.45) is -24.0. The van der Waals surface area contributed by atoms with Crippen LogP contribution in [0.3, 0.4) is 0 Å². The van der Waals surface area contributed by atoms with Crippen molar-refractivity contribution in [3.63, 3.8) is 0 Å².